The van der Waals surface area contributed by atoms with Gasteiger partial charge in [-0.1, -0.05) is 70.4 Å². The van der Waals surface area contributed by atoms with E-state index >= 15 is 0 Å². The molecule has 6 heteroatoms. The minimum atomic E-state index is -1.20. The molecular weight excluding hydrogens is 386 g/mol. The lowest BCUT2D eigenvalue weighted by Crippen LogP contribution is -2.48. The molecule has 0 aliphatic heterocycles. The summed E-state index contributed by atoms with van der Waals surface area (Å²) in [6.07, 6.45) is 20.0. The lowest BCUT2D eigenvalue weighted by atomic mass is 10.1. The summed E-state index contributed by atoms with van der Waals surface area (Å²) in [4.78, 5) is 35.9. The third-order valence-corrected chi connectivity index (χ3v) is 5.38. The number of rotatable bonds is 18. The van der Waals surface area contributed by atoms with Crippen LogP contribution in [0.5, 0.6) is 0 Å². The quantitative estimate of drug-likeness (QED) is 0.165. The van der Waals surface area contributed by atoms with Gasteiger partial charge in [0.05, 0.1) is 0 Å². The predicted molar refractivity (Wildman–Crippen MR) is 122 cm³/mol. The molecule has 0 bridgehead atoms. The molecule has 0 rings (SSSR count). The van der Waals surface area contributed by atoms with Crippen LogP contribution in [0, 0.1) is 0 Å². The molecule has 0 radical (unpaired) electrons. The second-order valence-corrected chi connectivity index (χ2v) is 8.02. The van der Waals surface area contributed by atoms with Gasteiger partial charge in [-0.2, -0.15) is 12.6 Å². The molecule has 0 saturated heterocycles. The molecule has 2 amide bonds. The number of nitrogens with zero attached hydrogens (tertiary/aromatic N) is 1. The van der Waals surface area contributed by atoms with Crippen LogP contribution in [0.4, 0.5) is 0 Å². The van der Waals surface area contributed by atoms with Crippen LogP contribution < -0.4 is 0 Å². The number of aliphatic carboxylic acids is 1. The SMILES string of the molecule is CCCCCCCC/C=C\CCCCCCCC(=O)N(C(C)=O)[C@@H](CS)C(=O)O. The summed E-state index contributed by atoms with van der Waals surface area (Å²) in [5.74, 6) is -2.23. The third-order valence-electron chi connectivity index (χ3n) is 5.03. The van der Waals surface area contributed by atoms with Crippen LogP contribution in [0.2, 0.25) is 0 Å². The van der Waals surface area contributed by atoms with Gasteiger partial charge in [0.1, 0.15) is 6.04 Å². The molecule has 0 fully saturated rings. The van der Waals surface area contributed by atoms with Gasteiger partial charge in [0.2, 0.25) is 11.8 Å². The lowest BCUT2D eigenvalue weighted by molar-refractivity contribution is -0.156. The Morgan fingerprint density at radius 3 is 1.79 bits per heavy atom. The van der Waals surface area contributed by atoms with E-state index < -0.39 is 23.8 Å². The fourth-order valence-electron chi connectivity index (χ4n) is 3.31. The molecule has 0 spiro atoms. The Morgan fingerprint density at radius 1 is 0.862 bits per heavy atom. The van der Waals surface area contributed by atoms with Gasteiger partial charge in [0.15, 0.2) is 0 Å². The molecule has 0 aliphatic carbocycles. The van der Waals surface area contributed by atoms with E-state index in [-0.39, 0.29) is 12.2 Å². The third kappa shape index (κ3) is 14.3. The molecule has 0 saturated carbocycles. The van der Waals surface area contributed by atoms with Gasteiger partial charge in [-0.3, -0.25) is 14.5 Å². The van der Waals surface area contributed by atoms with E-state index in [2.05, 4.69) is 31.7 Å². The molecule has 0 aromatic rings. The molecule has 168 valence electrons. The Balaban J connectivity index is 3.75. The number of hydrogen-bond donors (Lipinski definition) is 2. The van der Waals surface area contributed by atoms with E-state index in [4.69, 9.17) is 5.11 Å². The molecule has 1 N–H and O–H groups in total. The average molecular weight is 428 g/mol. The van der Waals surface area contributed by atoms with Crippen molar-refractivity contribution in [1.82, 2.24) is 4.90 Å². The van der Waals surface area contributed by atoms with Crippen molar-refractivity contribution < 1.29 is 19.5 Å². The summed E-state index contributed by atoms with van der Waals surface area (Å²) in [7, 11) is 0. The van der Waals surface area contributed by atoms with Crippen LogP contribution in [-0.4, -0.2) is 39.6 Å². The first-order valence-corrected chi connectivity index (χ1v) is 11.9. The van der Waals surface area contributed by atoms with Crippen molar-refractivity contribution >= 4 is 30.4 Å². The smallest absolute Gasteiger partial charge is 0.327 e. The van der Waals surface area contributed by atoms with Crippen molar-refractivity contribution in [2.45, 2.75) is 110 Å². The minimum Gasteiger partial charge on any atom is -0.480 e. The fraction of sp³-hybridized carbons (Fsp3) is 0.783. The second kappa shape index (κ2) is 18.7. The van der Waals surface area contributed by atoms with Crippen molar-refractivity contribution in [3.63, 3.8) is 0 Å². The standard InChI is InChI=1S/C23H41NO4S/c1-3-4-5-6-7-8-9-10-11-12-13-14-15-16-17-18-22(26)24(20(2)25)21(19-29)23(27)28/h10-11,21,29H,3-9,12-19H2,1-2H3,(H,27,28)/b11-10-/t21-/m0/s1. The average Bonchev–Trinajstić information content (AvgIpc) is 2.68. The summed E-state index contributed by atoms with van der Waals surface area (Å²) in [5.41, 5.74) is 0. The number of allylic oxidation sites excluding steroid dienone is 2. The van der Waals surface area contributed by atoms with Gasteiger partial charge >= 0.3 is 5.97 Å². The topological polar surface area (TPSA) is 74.7 Å². The van der Waals surface area contributed by atoms with Crippen molar-refractivity contribution in [2.24, 2.45) is 0 Å². The molecule has 0 aromatic carbocycles. The van der Waals surface area contributed by atoms with Gasteiger partial charge in [-0.25, -0.2) is 4.79 Å². The molecule has 0 heterocycles. The van der Waals surface area contributed by atoms with Gasteiger partial charge in [0.25, 0.3) is 0 Å². The summed E-state index contributed by atoms with van der Waals surface area (Å²) < 4.78 is 0. The normalized spacial score (nSPS) is 12.2. The highest BCUT2D eigenvalue weighted by molar-refractivity contribution is 7.80. The second-order valence-electron chi connectivity index (χ2n) is 7.65. The number of imide groups is 1. The molecule has 1 atom stereocenters. The van der Waals surface area contributed by atoms with E-state index in [0.29, 0.717) is 6.42 Å². The van der Waals surface area contributed by atoms with Gasteiger partial charge in [0, 0.05) is 19.1 Å². The number of carboxylic acid groups (broad SMARTS) is 1. The van der Waals surface area contributed by atoms with Crippen LogP contribution in [0.3, 0.4) is 0 Å². The van der Waals surface area contributed by atoms with Crippen LogP contribution >= 0.6 is 12.6 Å². The Labute approximate surface area is 182 Å². The summed E-state index contributed by atoms with van der Waals surface area (Å²) >= 11 is 3.95. The first-order chi connectivity index (χ1) is 14.0. The number of carbonyl (C=O) groups is 3. The summed E-state index contributed by atoms with van der Waals surface area (Å²) in [6.45, 7) is 3.46. The fourth-order valence-corrected chi connectivity index (χ4v) is 3.63. The van der Waals surface area contributed by atoms with Gasteiger partial charge in [-0.15, -0.1) is 0 Å². The van der Waals surface area contributed by atoms with E-state index in [1.54, 1.807) is 0 Å². The Bertz CT molecular complexity index is 493. The highest BCUT2D eigenvalue weighted by atomic mass is 32.1. The highest BCUT2D eigenvalue weighted by Crippen LogP contribution is 2.12. The molecule has 0 aromatic heterocycles. The van der Waals surface area contributed by atoms with Crippen LogP contribution in [0.25, 0.3) is 0 Å². The maximum atomic E-state index is 12.2. The summed E-state index contributed by atoms with van der Waals surface area (Å²) in [6, 6.07) is -1.19. The van der Waals surface area contributed by atoms with Crippen molar-refractivity contribution in [3.05, 3.63) is 12.2 Å². The van der Waals surface area contributed by atoms with Gasteiger partial charge in [-0.05, 0) is 32.1 Å². The number of carbonyl (C=O) groups excluding carboxylic acids is 2. The number of thiol groups is 1. The lowest BCUT2D eigenvalue weighted by Gasteiger charge is -2.24. The molecule has 0 unspecified atom stereocenters. The maximum absolute atomic E-state index is 12.2. The van der Waals surface area contributed by atoms with Gasteiger partial charge < -0.3 is 5.11 Å². The van der Waals surface area contributed by atoms with Crippen LogP contribution in [-0.2, 0) is 14.4 Å². The number of unbranched alkanes of at least 4 members (excludes halogenated alkanes) is 11. The largest absolute Gasteiger partial charge is 0.480 e. The Hall–Kier alpha value is -1.30. The van der Waals surface area contributed by atoms with Crippen molar-refractivity contribution in [3.8, 4) is 0 Å². The summed E-state index contributed by atoms with van der Waals surface area (Å²) in [5, 5.41) is 9.14. The molecule has 5 nitrogen and oxygen atoms in total. The van der Waals surface area contributed by atoms with E-state index in [1.165, 1.54) is 51.9 Å². The zero-order valence-corrected chi connectivity index (χ0v) is 19.3. The Morgan fingerprint density at radius 2 is 1.34 bits per heavy atom. The highest BCUT2D eigenvalue weighted by Gasteiger charge is 2.31. The number of amides is 2. The molecule has 0 aliphatic rings. The minimum absolute atomic E-state index is 0.0764. The van der Waals surface area contributed by atoms with Crippen molar-refractivity contribution in [2.75, 3.05) is 5.75 Å². The number of carboxylic acids is 1. The Kier molecular flexibility index (Phi) is 17.9. The maximum Gasteiger partial charge on any atom is 0.327 e. The van der Waals surface area contributed by atoms with E-state index in [0.717, 1.165) is 37.0 Å². The molecule has 29 heavy (non-hydrogen) atoms. The zero-order chi connectivity index (χ0) is 21.9. The van der Waals surface area contributed by atoms with E-state index in [1.807, 2.05) is 0 Å². The first kappa shape index (κ1) is 27.7. The zero-order valence-electron chi connectivity index (χ0n) is 18.4. The monoisotopic (exact) mass is 427 g/mol. The van der Waals surface area contributed by atoms with Crippen molar-refractivity contribution in [1.29, 1.82) is 0 Å². The first-order valence-electron chi connectivity index (χ1n) is 11.3. The molecular formula is C23H41NO4S. The number of hydrogen-bond acceptors (Lipinski definition) is 4. The predicted octanol–water partition coefficient (Wildman–Crippen LogP) is 5.78. The van der Waals surface area contributed by atoms with Crippen LogP contribution in [0.1, 0.15) is 104 Å². The van der Waals surface area contributed by atoms with Crippen LogP contribution in [0.15, 0.2) is 12.2 Å². The van der Waals surface area contributed by atoms with E-state index in [9.17, 15) is 14.4 Å².